The van der Waals surface area contributed by atoms with E-state index in [2.05, 4.69) is 32.4 Å². The summed E-state index contributed by atoms with van der Waals surface area (Å²) in [7, 11) is 0. The largest absolute Gasteiger partial charge is 0.443 e. The van der Waals surface area contributed by atoms with Crippen LogP contribution in [0.1, 0.15) is 11.3 Å². The highest BCUT2D eigenvalue weighted by atomic mass is 32.2. The number of hydrogen-bond acceptors (Lipinski definition) is 7. The van der Waals surface area contributed by atoms with Crippen LogP contribution in [0.2, 0.25) is 0 Å². The molecule has 130 valence electrons. The molecule has 0 aliphatic carbocycles. The second kappa shape index (κ2) is 8.16. The first kappa shape index (κ1) is 16.8. The molecule has 1 N–H and O–H groups in total. The van der Waals surface area contributed by atoms with Crippen LogP contribution in [0.5, 0.6) is 0 Å². The summed E-state index contributed by atoms with van der Waals surface area (Å²) in [5, 5.41) is 6.15. The van der Waals surface area contributed by atoms with Crippen molar-refractivity contribution in [2.24, 2.45) is 0 Å². The Kier molecular flexibility index (Phi) is 5.27. The van der Waals surface area contributed by atoms with Gasteiger partial charge in [-0.3, -0.25) is 4.98 Å². The van der Waals surface area contributed by atoms with Crippen LogP contribution in [0.25, 0.3) is 10.8 Å². The molecule has 0 fully saturated rings. The predicted octanol–water partition coefficient (Wildman–Crippen LogP) is 5.10. The zero-order chi connectivity index (χ0) is 17.6. The lowest BCUT2D eigenvalue weighted by molar-refractivity contribution is 0.574. The molecule has 3 aromatic heterocycles. The molecule has 0 radical (unpaired) electrons. The maximum atomic E-state index is 5.53. The van der Waals surface area contributed by atoms with E-state index in [1.54, 1.807) is 41.8 Å². The van der Waals surface area contributed by atoms with E-state index >= 15 is 0 Å². The normalized spacial score (nSPS) is 10.8. The van der Waals surface area contributed by atoms with Crippen molar-refractivity contribution >= 4 is 28.9 Å². The van der Waals surface area contributed by atoms with Crippen molar-refractivity contribution in [3.63, 3.8) is 0 Å². The number of oxazole rings is 1. The highest BCUT2D eigenvalue weighted by molar-refractivity contribution is 7.98. The number of hydrogen-bond donors (Lipinski definition) is 1. The zero-order valence-electron chi connectivity index (χ0n) is 13.8. The summed E-state index contributed by atoms with van der Waals surface area (Å²) < 4.78 is 5.53. The van der Waals surface area contributed by atoms with Gasteiger partial charge < -0.3 is 9.73 Å². The number of anilines is 1. The SMILES string of the molecule is c1ccc(CSc2cncc(NCc3coc(-c4cccs4)n3)n2)cc1. The minimum absolute atomic E-state index is 0.538. The van der Waals surface area contributed by atoms with Gasteiger partial charge in [0.25, 0.3) is 0 Å². The Morgan fingerprint density at radius 2 is 1.96 bits per heavy atom. The van der Waals surface area contributed by atoms with Gasteiger partial charge >= 0.3 is 0 Å². The van der Waals surface area contributed by atoms with Gasteiger partial charge in [-0.15, -0.1) is 23.1 Å². The van der Waals surface area contributed by atoms with Crippen molar-refractivity contribution in [2.75, 3.05) is 5.32 Å². The molecule has 0 aliphatic rings. The lowest BCUT2D eigenvalue weighted by atomic mass is 10.2. The Bertz CT molecular complexity index is 955. The van der Waals surface area contributed by atoms with E-state index in [9.17, 15) is 0 Å². The summed E-state index contributed by atoms with van der Waals surface area (Å²) in [6, 6.07) is 14.3. The molecular weight excluding hydrogens is 364 g/mol. The Morgan fingerprint density at radius 1 is 1.04 bits per heavy atom. The number of thiophene rings is 1. The fourth-order valence-electron chi connectivity index (χ4n) is 2.32. The van der Waals surface area contributed by atoms with Gasteiger partial charge in [0.05, 0.1) is 29.5 Å². The standard InChI is InChI=1S/C19H16N4OS2/c1-2-5-14(6-3-1)13-26-18-11-20-10-17(23-18)21-9-15-12-24-19(22-15)16-7-4-8-25-16/h1-8,10-12H,9,13H2,(H,21,23). The van der Waals surface area contributed by atoms with Crippen molar-refractivity contribution < 1.29 is 4.42 Å². The molecule has 5 nitrogen and oxygen atoms in total. The van der Waals surface area contributed by atoms with Gasteiger partial charge in [0.2, 0.25) is 5.89 Å². The maximum Gasteiger partial charge on any atom is 0.236 e. The van der Waals surface area contributed by atoms with Crippen LogP contribution in [0, 0.1) is 0 Å². The van der Waals surface area contributed by atoms with E-state index in [0.29, 0.717) is 12.4 Å². The summed E-state index contributed by atoms with van der Waals surface area (Å²) in [5.74, 6) is 2.24. The summed E-state index contributed by atoms with van der Waals surface area (Å²) >= 11 is 3.27. The van der Waals surface area contributed by atoms with Crippen LogP contribution in [0.3, 0.4) is 0 Å². The van der Waals surface area contributed by atoms with E-state index in [4.69, 9.17) is 4.42 Å². The van der Waals surface area contributed by atoms with Gasteiger partial charge in [-0.2, -0.15) is 0 Å². The van der Waals surface area contributed by atoms with Gasteiger partial charge in [0.15, 0.2) is 0 Å². The second-order valence-electron chi connectivity index (χ2n) is 5.49. The molecule has 0 amide bonds. The molecule has 0 atom stereocenters. The van der Waals surface area contributed by atoms with Gasteiger partial charge in [0.1, 0.15) is 17.1 Å². The third-order valence-electron chi connectivity index (χ3n) is 3.58. The van der Waals surface area contributed by atoms with E-state index in [0.717, 1.165) is 27.2 Å². The Balaban J connectivity index is 1.35. The molecule has 4 aromatic rings. The van der Waals surface area contributed by atoms with Crippen molar-refractivity contribution in [1.82, 2.24) is 15.0 Å². The quantitative estimate of drug-likeness (QED) is 0.450. The van der Waals surface area contributed by atoms with E-state index in [-0.39, 0.29) is 0 Å². The zero-order valence-corrected chi connectivity index (χ0v) is 15.5. The van der Waals surface area contributed by atoms with Crippen LogP contribution in [-0.2, 0) is 12.3 Å². The van der Waals surface area contributed by atoms with Crippen LogP contribution >= 0.6 is 23.1 Å². The number of aromatic nitrogens is 3. The highest BCUT2D eigenvalue weighted by Crippen LogP contribution is 2.24. The maximum absolute atomic E-state index is 5.53. The number of thioether (sulfide) groups is 1. The average molecular weight is 380 g/mol. The van der Waals surface area contributed by atoms with E-state index in [1.165, 1.54) is 5.56 Å². The third kappa shape index (κ3) is 4.30. The number of benzene rings is 1. The molecule has 0 bridgehead atoms. The molecule has 3 heterocycles. The molecule has 4 rings (SSSR count). The molecule has 7 heteroatoms. The summed E-state index contributed by atoms with van der Waals surface area (Å²) in [6.45, 7) is 0.538. The van der Waals surface area contributed by atoms with Crippen LogP contribution in [0.15, 0.2) is 75.9 Å². The molecule has 0 saturated heterocycles. The summed E-state index contributed by atoms with van der Waals surface area (Å²) in [4.78, 5) is 14.4. The number of rotatable bonds is 7. The fraction of sp³-hybridized carbons (Fsp3) is 0.105. The molecule has 0 spiro atoms. The molecule has 1 aromatic carbocycles. The molecule has 0 aliphatic heterocycles. The summed E-state index contributed by atoms with van der Waals surface area (Å²) in [6.07, 6.45) is 5.17. The van der Waals surface area contributed by atoms with Crippen LogP contribution in [0.4, 0.5) is 5.82 Å². The minimum Gasteiger partial charge on any atom is -0.443 e. The molecule has 0 unspecified atom stereocenters. The number of nitrogens with zero attached hydrogens (tertiary/aromatic N) is 3. The van der Waals surface area contributed by atoms with Gasteiger partial charge in [-0.25, -0.2) is 9.97 Å². The highest BCUT2D eigenvalue weighted by Gasteiger charge is 2.08. The van der Waals surface area contributed by atoms with Gasteiger partial charge in [0, 0.05) is 5.75 Å². The van der Waals surface area contributed by atoms with E-state index in [1.807, 2.05) is 35.7 Å². The van der Waals surface area contributed by atoms with Gasteiger partial charge in [-0.1, -0.05) is 36.4 Å². The topological polar surface area (TPSA) is 63.8 Å². The monoisotopic (exact) mass is 380 g/mol. The first-order chi connectivity index (χ1) is 12.9. The third-order valence-corrected chi connectivity index (χ3v) is 5.40. The predicted molar refractivity (Wildman–Crippen MR) is 105 cm³/mol. The lowest BCUT2D eigenvalue weighted by Gasteiger charge is -2.05. The van der Waals surface area contributed by atoms with Crippen LogP contribution < -0.4 is 5.32 Å². The summed E-state index contributed by atoms with van der Waals surface area (Å²) in [5.41, 5.74) is 2.10. The molecule has 26 heavy (non-hydrogen) atoms. The Morgan fingerprint density at radius 3 is 2.81 bits per heavy atom. The smallest absolute Gasteiger partial charge is 0.236 e. The minimum atomic E-state index is 0.538. The van der Waals surface area contributed by atoms with Gasteiger partial charge in [-0.05, 0) is 17.0 Å². The fourth-order valence-corrected chi connectivity index (χ4v) is 3.78. The Hall–Kier alpha value is -2.64. The van der Waals surface area contributed by atoms with Crippen molar-refractivity contribution in [3.8, 4) is 10.8 Å². The van der Waals surface area contributed by atoms with Crippen molar-refractivity contribution in [2.45, 2.75) is 17.3 Å². The second-order valence-corrected chi connectivity index (χ2v) is 7.43. The van der Waals surface area contributed by atoms with Crippen molar-refractivity contribution in [1.29, 1.82) is 0 Å². The Labute approximate surface area is 159 Å². The number of nitrogens with one attached hydrogen (secondary N) is 1. The van der Waals surface area contributed by atoms with Crippen molar-refractivity contribution in [3.05, 3.63) is 77.8 Å². The van der Waals surface area contributed by atoms with Crippen LogP contribution in [-0.4, -0.2) is 15.0 Å². The lowest BCUT2D eigenvalue weighted by Crippen LogP contribution is -2.02. The van der Waals surface area contributed by atoms with E-state index < -0.39 is 0 Å². The first-order valence-electron chi connectivity index (χ1n) is 8.08. The molecule has 0 saturated carbocycles. The molecular formula is C19H16N4OS2. The first-order valence-corrected chi connectivity index (χ1v) is 9.94. The average Bonchev–Trinajstić information content (AvgIpc) is 3.37.